The highest BCUT2D eigenvalue weighted by atomic mass is 32.1. The van der Waals surface area contributed by atoms with Crippen LogP contribution >= 0.6 is 11.3 Å². The quantitative estimate of drug-likeness (QED) is 0.738. The van der Waals surface area contributed by atoms with Crippen LogP contribution in [0.2, 0.25) is 0 Å². The van der Waals surface area contributed by atoms with Crippen LogP contribution in [0.25, 0.3) is 0 Å². The first-order valence-electron chi connectivity index (χ1n) is 9.81. The third-order valence-electron chi connectivity index (χ3n) is 5.09. The van der Waals surface area contributed by atoms with Crippen molar-refractivity contribution in [2.45, 2.75) is 58.8 Å². The Bertz CT molecular complexity index is 517. The Balaban J connectivity index is 1.59. The van der Waals surface area contributed by atoms with Crippen molar-refractivity contribution >= 4 is 16.5 Å². The standard InChI is InChI=1S/C19H33N3O2S/c1-4-5-6-16-12-21(14-18(24-16)15(2)3)13-17-11-20-19(25-17)22-7-9-23-10-8-22/h11,15-16,18H,4-10,12-14H2,1-3H3/t16-,18-/m1/s1. The summed E-state index contributed by atoms with van der Waals surface area (Å²) in [7, 11) is 0. The predicted molar refractivity (Wildman–Crippen MR) is 103 cm³/mol. The number of rotatable bonds is 7. The fourth-order valence-corrected chi connectivity index (χ4v) is 4.53. The summed E-state index contributed by atoms with van der Waals surface area (Å²) in [6, 6.07) is 0. The maximum absolute atomic E-state index is 6.34. The fourth-order valence-electron chi connectivity index (χ4n) is 3.53. The largest absolute Gasteiger partial charge is 0.378 e. The molecule has 0 amide bonds. The molecule has 2 aliphatic heterocycles. The van der Waals surface area contributed by atoms with Crippen LogP contribution in [0.4, 0.5) is 5.13 Å². The Morgan fingerprint density at radius 3 is 2.80 bits per heavy atom. The van der Waals surface area contributed by atoms with E-state index in [-0.39, 0.29) is 0 Å². The highest BCUT2D eigenvalue weighted by Crippen LogP contribution is 2.27. The maximum atomic E-state index is 6.34. The molecule has 0 radical (unpaired) electrons. The predicted octanol–water partition coefficient (Wildman–Crippen LogP) is 3.40. The van der Waals surface area contributed by atoms with Crippen LogP contribution in [0.15, 0.2) is 6.20 Å². The molecule has 1 aromatic rings. The van der Waals surface area contributed by atoms with Gasteiger partial charge in [-0.05, 0) is 12.3 Å². The lowest BCUT2D eigenvalue weighted by molar-refractivity contribution is -0.108. The first-order chi connectivity index (χ1) is 12.2. The first-order valence-corrected chi connectivity index (χ1v) is 10.6. The van der Waals surface area contributed by atoms with Gasteiger partial charge in [-0.2, -0.15) is 0 Å². The number of anilines is 1. The van der Waals surface area contributed by atoms with Crippen LogP contribution in [-0.2, 0) is 16.0 Å². The van der Waals surface area contributed by atoms with Gasteiger partial charge in [-0.15, -0.1) is 11.3 Å². The molecular formula is C19H33N3O2S. The highest BCUT2D eigenvalue weighted by molar-refractivity contribution is 7.15. The number of ether oxygens (including phenoxy) is 2. The van der Waals surface area contributed by atoms with Crippen LogP contribution in [0, 0.1) is 5.92 Å². The molecule has 0 N–H and O–H groups in total. The van der Waals surface area contributed by atoms with E-state index >= 15 is 0 Å². The van der Waals surface area contributed by atoms with Crippen molar-refractivity contribution in [3.63, 3.8) is 0 Å². The molecular weight excluding hydrogens is 334 g/mol. The minimum atomic E-state index is 0.349. The number of unbranched alkanes of at least 4 members (excludes halogenated alkanes) is 1. The van der Waals surface area contributed by atoms with Crippen LogP contribution < -0.4 is 4.90 Å². The number of hydrogen-bond acceptors (Lipinski definition) is 6. The zero-order valence-corrected chi connectivity index (χ0v) is 16.8. The number of morpholine rings is 2. The Kier molecular flexibility index (Phi) is 7.10. The van der Waals surface area contributed by atoms with E-state index < -0.39 is 0 Å². The number of aromatic nitrogens is 1. The van der Waals surface area contributed by atoms with Crippen LogP contribution in [-0.4, -0.2) is 61.5 Å². The molecule has 25 heavy (non-hydrogen) atoms. The normalized spacial score (nSPS) is 25.7. The molecule has 0 aliphatic carbocycles. The molecule has 0 aromatic carbocycles. The second kappa shape index (κ2) is 9.31. The van der Waals surface area contributed by atoms with Crippen molar-refractivity contribution in [3.8, 4) is 0 Å². The third-order valence-corrected chi connectivity index (χ3v) is 6.14. The van der Waals surface area contributed by atoms with E-state index in [9.17, 15) is 0 Å². The summed E-state index contributed by atoms with van der Waals surface area (Å²) in [4.78, 5) is 10.9. The smallest absolute Gasteiger partial charge is 0.185 e. The number of thiazole rings is 1. The molecule has 5 nitrogen and oxygen atoms in total. The summed E-state index contributed by atoms with van der Waals surface area (Å²) in [5, 5.41) is 1.15. The van der Waals surface area contributed by atoms with Gasteiger partial charge in [0.05, 0.1) is 25.4 Å². The summed E-state index contributed by atoms with van der Waals surface area (Å²) >= 11 is 1.84. The lowest BCUT2D eigenvalue weighted by Gasteiger charge is -2.39. The molecule has 0 unspecified atom stereocenters. The van der Waals surface area contributed by atoms with Crippen molar-refractivity contribution in [2.24, 2.45) is 5.92 Å². The Labute approximate surface area is 156 Å². The lowest BCUT2D eigenvalue weighted by atomic mass is 10.0. The topological polar surface area (TPSA) is 37.8 Å². The van der Waals surface area contributed by atoms with E-state index in [4.69, 9.17) is 9.47 Å². The fraction of sp³-hybridized carbons (Fsp3) is 0.842. The van der Waals surface area contributed by atoms with Gasteiger partial charge in [0.1, 0.15) is 0 Å². The molecule has 2 fully saturated rings. The summed E-state index contributed by atoms with van der Waals surface area (Å²) < 4.78 is 11.8. The molecule has 3 rings (SSSR count). The molecule has 0 bridgehead atoms. The van der Waals surface area contributed by atoms with E-state index in [2.05, 4.69) is 41.8 Å². The summed E-state index contributed by atoms with van der Waals surface area (Å²) in [5.74, 6) is 0.567. The van der Waals surface area contributed by atoms with Crippen molar-refractivity contribution in [3.05, 3.63) is 11.1 Å². The highest BCUT2D eigenvalue weighted by Gasteiger charge is 2.29. The van der Waals surface area contributed by atoms with E-state index in [1.807, 2.05) is 11.3 Å². The van der Waals surface area contributed by atoms with Crippen molar-refractivity contribution < 1.29 is 9.47 Å². The zero-order valence-electron chi connectivity index (χ0n) is 15.9. The average Bonchev–Trinajstić information content (AvgIpc) is 3.09. The minimum Gasteiger partial charge on any atom is -0.378 e. The van der Waals surface area contributed by atoms with Gasteiger partial charge in [-0.3, -0.25) is 4.90 Å². The second-order valence-corrected chi connectivity index (χ2v) is 8.68. The SMILES string of the molecule is CCCC[C@@H]1CN(Cc2cnc(N3CCOCC3)s2)C[C@H](C(C)C)O1. The molecule has 2 aliphatic rings. The molecule has 0 spiro atoms. The Morgan fingerprint density at radius 1 is 1.28 bits per heavy atom. The summed E-state index contributed by atoms with van der Waals surface area (Å²) in [6.45, 7) is 13.4. The lowest BCUT2D eigenvalue weighted by Crippen LogP contribution is -2.48. The molecule has 6 heteroatoms. The van der Waals surface area contributed by atoms with Crippen molar-refractivity contribution in [1.82, 2.24) is 9.88 Å². The van der Waals surface area contributed by atoms with Crippen LogP contribution in [0.5, 0.6) is 0 Å². The Morgan fingerprint density at radius 2 is 2.08 bits per heavy atom. The average molecular weight is 368 g/mol. The van der Waals surface area contributed by atoms with Gasteiger partial charge in [0.2, 0.25) is 0 Å². The van der Waals surface area contributed by atoms with E-state index in [0.29, 0.717) is 18.1 Å². The van der Waals surface area contributed by atoms with Gasteiger partial charge in [0.25, 0.3) is 0 Å². The van der Waals surface area contributed by atoms with E-state index in [0.717, 1.165) is 51.1 Å². The minimum absolute atomic E-state index is 0.349. The van der Waals surface area contributed by atoms with Gasteiger partial charge in [-0.1, -0.05) is 33.6 Å². The maximum Gasteiger partial charge on any atom is 0.185 e. The van der Waals surface area contributed by atoms with Crippen LogP contribution in [0.3, 0.4) is 0 Å². The van der Waals surface area contributed by atoms with E-state index in [1.54, 1.807) is 0 Å². The molecule has 0 saturated carbocycles. The number of hydrogen-bond donors (Lipinski definition) is 0. The van der Waals surface area contributed by atoms with Crippen molar-refractivity contribution in [2.75, 3.05) is 44.3 Å². The van der Waals surface area contributed by atoms with Gasteiger partial charge in [0, 0.05) is 43.8 Å². The molecule has 3 heterocycles. The first kappa shape index (κ1) is 19.1. The molecule has 2 atom stereocenters. The summed E-state index contributed by atoms with van der Waals surface area (Å²) in [5.41, 5.74) is 0. The molecule has 142 valence electrons. The summed E-state index contributed by atoms with van der Waals surface area (Å²) in [6.07, 6.45) is 6.47. The van der Waals surface area contributed by atoms with Gasteiger partial charge in [-0.25, -0.2) is 4.98 Å². The molecule has 2 saturated heterocycles. The number of nitrogens with zero attached hydrogens (tertiary/aromatic N) is 3. The van der Waals surface area contributed by atoms with Crippen LogP contribution in [0.1, 0.15) is 44.9 Å². The van der Waals surface area contributed by atoms with Crippen molar-refractivity contribution in [1.29, 1.82) is 0 Å². The van der Waals surface area contributed by atoms with Gasteiger partial charge in [0.15, 0.2) is 5.13 Å². The third kappa shape index (κ3) is 5.39. The monoisotopic (exact) mass is 367 g/mol. The Hall–Kier alpha value is -0.690. The second-order valence-electron chi connectivity index (χ2n) is 7.59. The molecule has 1 aromatic heterocycles. The van der Waals surface area contributed by atoms with Gasteiger partial charge < -0.3 is 14.4 Å². The zero-order chi connectivity index (χ0) is 17.6. The van der Waals surface area contributed by atoms with Gasteiger partial charge >= 0.3 is 0 Å². The van der Waals surface area contributed by atoms with E-state index in [1.165, 1.54) is 24.1 Å².